The van der Waals surface area contributed by atoms with Crippen LogP contribution in [0.4, 0.5) is 10.1 Å². The molecule has 116 valence electrons. The number of methoxy groups -OCH3 is 1. The Morgan fingerprint density at radius 3 is 2.78 bits per heavy atom. The van der Waals surface area contributed by atoms with Gasteiger partial charge in [0.2, 0.25) is 5.89 Å². The van der Waals surface area contributed by atoms with Crippen LogP contribution in [0.25, 0.3) is 11.5 Å². The minimum Gasteiger partial charge on any atom is -0.495 e. The zero-order chi connectivity index (χ0) is 16.2. The fourth-order valence-corrected chi connectivity index (χ4v) is 1.98. The molecule has 0 spiro atoms. The highest BCUT2D eigenvalue weighted by atomic mass is 19.1. The Bertz CT molecular complexity index is 848. The SMILES string of the molecule is COc1ccccc1NC(=O)c1nnc(-c2cccc(F)c2)o1. The quantitative estimate of drug-likeness (QED) is 0.800. The van der Waals surface area contributed by atoms with Crippen molar-refractivity contribution >= 4 is 11.6 Å². The van der Waals surface area contributed by atoms with E-state index >= 15 is 0 Å². The highest BCUT2D eigenvalue weighted by Crippen LogP contribution is 2.24. The number of aromatic nitrogens is 2. The van der Waals surface area contributed by atoms with E-state index in [1.165, 1.54) is 25.3 Å². The number of anilines is 1. The Balaban J connectivity index is 1.81. The van der Waals surface area contributed by atoms with Crippen LogP contribution in [-0.2, 0) is 0 Å². The van der Waals surface area contributed by atoms with Crippen LogP contribution in [-0.4, -0.2) is 23.2 Å². The molecule has 3 rings (SSSR count). The lowest BCUT2D eigenvalue weighted by molar-refractivity contribution is 0.0990. The second-order valence-electron chi connectivity index (χ2n) is 4.58. The van der Waals surface area contributed by atoms with Crippen molar-refractivity contribution in [2.45, 2.75) is 0 Å². The van der Waals surface area contributed by atoms with Gasteiger partial charge in [-0.3, -0.25) is 4.79 Å². The summed E-state index contributed by atoms with van der Waals surface area (Å²) in [5.41, 5.74) is 0.874. The molecule has 23 heavy (non-hydrogen) atoms. The van der Waals surface area contributed by atoms with Crippen molar-refractivity contribution in [3.05, 3.63) is 60.2 Å². The molecule has 1 amide bonds. The van der Waals surface area contributed by atoms with Gasteiger partial charge >= 0.3 is 11.8 Å². The number of nitrogens with zero attached hydrogens (tertiary/aromatic N) is 2. The molecule has 3 aromatic rings. The molecule has 7 heteroatoms. The number of rotatable bonds is 4. The maximum Gasteiger partial charge on any atom is 0.313 e. The molecule has 0 fully saturated rings. The molecule has 1 N–H and O–H groups in total. The van der Waals surface area contributed by atoms with Crippen molar-refractivity contribution in [3.63, 3.8) is 0 Å². The smallest absolute Gasteiger partial charge is 0.313 e. The van der Waals surface area contributed by atoms with Gasteiger partial charge in [0, 0.05) is 5.56 Å². The van der Waals surface area contributed by atoms with Gasteiger partial charge in [0.25, 0.3) is 0 Å². The van der Waals surface area contributed by atoms with Gasteiger partial charge in [-0.2, -0.15) is 0 Å². The van der Waals surface area contributed by atoms with Crippen LogP contribution in [0.5, 0.6) is 5.75 Å². The van der Waals surface area contributed by atoms with E-state index in [1.807, 2.05) is 0 Å². The number of ether oxygens (including phenoxy) is 1. The Morgan fingerprint density at radius 1 is 1.17 bits per heavy atom. The highest BCUT2D eigenvalue weighted by Gasteiger charge is 2.17. The molecule has 0 unspecified atom stereocenters. The first-order chi connectivity index (χ1) is 11.2. The van der Waals surface area contributed by atoms with Gasteiger partial charge in [-0.15, -0.1) is 10.2 Å². The minimum absolute atomic E-state index is 0.0645. The largest absolute Gasteiger partial charge is 0.495 e. The second-order valence-corrected chi connectivity index (χ2v) is 4.58. The number of hydrogen-bond acceptors (Lipinski definition) is 5. The standard InChI is InChI=1S/C16H12FN3O3/c1-22-13-8-3-2-7-12(13)18-14(21)16-20-19-15(23-16)10-5-4-6-11(17)9-10/h2-9H,1H3,(H,18,21). The summed E-state index contributed by atoms with van der Waals surface area (Å²) < 4.78 is 23.6. The van der Waals surface area contributed by atoms with Crippen LogP contribution in [0, 0.1) is 5.82 Å². The van der Waals surface area contributed by atoms with Gasteiger partial charge in [-0.05, 0) is 30.3 Å². The van der Waals surface area contributed by atoms with E-state index in [0.29, 0.717) is 17.0 Å². The molecule has 0 saturated heterocycles. The average molecular weight is 313 g/mol. The van der Waals surface area contributed by atoms with E-state index < -0.39 is 11.7 Å². The zero-order valence-corrected chi connectivity index (χ0v) is 12.1. The molecular weight excluding hydrogens is 301 g/mol. The summed E-state index contributed by atoms with van der Waals surface area (Å²) in [5, 5.41) is 10.1. The van der Waals surface area contributed by atoms with E-state index in [0.717, 1.165) is 0 Å². The molecule has 6 nitrogen and oxygen atoms in total. The first-order valence-corrected chi connectivity index (χ1v) is 6.71. The van der Waals surface area contributed by atoms with Crippen LogP contribution in [0.15, 0.2) is 52.9 Å². The van der Waals surface area contributed by atoms with Crippen LogP contribution in [0.1, 0.15) is 10.7 Å². The second kappa shape index (κ2) is 6.27. The molecule has 1 aromatic heterocycles. The normalized spacial score (nSPS) is 10.3. The summed E-state index contributed by atoms with van der Waals surface area (Å²) >= 11 is 0. The molecule has 0 bridgehead atoms. The number of benzene rings is 2. The van der Waals surface area contributed by atoms with Gasteiger partial charge in [0.1, 0.15) is 11.6 Å². The van der Waals surface area contributed by atoms with E-state index in [-0.39, 0.29) is 11.8 Å². The molecule has 0 saturated carbocycles. The third kappa shape index (κ3) is 3.18. The predicted octanol–water partition coefficient (Wildman–Crippen LogP) is 3.14. The lowest BCUT2D eigenvalue weighted by Crippen LogP contribution is -2.13. The Kier molecular flexibility index (Phi) is 4.01. The van der Waals surface area contributed by atoms with E-state index in [4.69, 9.17) is 9.15 Å². The fraction of sp³-hybridized carbons (Fsp3) is 0.0625. The predicted molar refractivity (Wildman–Crippen MR) is 80.6 cm³/mol. The lowest BCUT2D eigenvalue weighted by atomic mass is 10.2. The average Bonchev–Trinajstić information content (AvgIpc) is 3.05. The fourth-order valence-electron chi connectivity index (χ4n) is 1.98. The van der Waals surface area contributed by atoms with Gasteiger partial charge in [0.05, 0.1) is 12.8 Å². The molecule has 0 aliphatic carbocycles. The van der Waals surface area contributed by atoms with E-state index in [1.54, 1.807) is 30.3 Å². The first-order valence-electron chi connectivity index (χ1n) is 6.71. The first kappa shape index (κ1) is 14.7. The molecule has 0 aliphatic rings. The molecular formula is C16H12FN3O3. The Hall–Kier alpha value is -3.22. The third-order valence-corrected chi connectivity index (χ3v) is 3.05. The summed E-state index contributed by atoms with van der Waals surface area (Å²) in [7, 11) is 1.50. The van der Waals surface area contributed by atoms with E-state index in [2.05, 4.69) is 15.5 Å². The van der Waals surface area contributed by atoms with Crippen molar-refractivity contribution < 1.29 is 18.3 Å². The van der Waals surface area contributed by atoms with Gasteiger partial charge in [-0.1, -0.05) is 18.2 Å². The van der Waals surface area contributed by atoms with Crippen molar-refractivity contribution in [2.75, 3.05) is 12.4 Å². The number of para-hydroxylation sites is 2. The summed E-state index contributed by atoms with van der Waals surface area (Å²) in [6.45, 7) is 0. The summed E-state index contributed by atoms with van der Waals surface area (Å²) in [4.78, 5) is 12.2. The Morgan fingerprint density at radius 2 is 2.00 bits per heavy atom. The number of nitrogens with one attached hydrogen (secondary N) is 1. The van der Waals surface area contributed by atoms with Crippen LogP contribution < -0.4 is 10.1 Å². The van der Waals surface area contributed by atoms with Crippen LogP contribution in [0.2, 0.25) is 0 Å². The number of carbonyl (C=O) groups excluding carboxylic acids is 1. The van der Waals surface area contributed by atoms with Gasteiger partial charge in [0.15, 0.2) is 0 Å². The summed E-state index contributed by atoms with van der Waals surface area (Å²) in [6, 6.07) is 12.6. The summed E-state index contributed by atoms with van der Waals surface area (Å²) in [6.07, 6.45) is 0. The van der Waals surface area contributed by atoms with Crippen molar-refractivity contribution in [3.8, 4) is 17.2 Å². The van der Waals surface area contributed by atoms with Crippen molar-refractivity contribution in [1.82, 2.24) is 10.2 Å². The minimum atomic E-state index is -0.579. The van der Waals surface area contributed by atoms with Crippen molar-refractivity contribution in [1.29, 1.82) is 0 Å². The maximum atomic E-state index is 13.2. The van der Waals surface area contributed by atoms with Crippen LogP contribution in [0.3, 0.4) is 0 Å². The maximum absolute atomic E-state index is 13.2. The molecule has 0 aliphatic heterocycles. The molecule has 0 atom stereocenters. The van der Waals surface area contributed by atoms with Gasteiger partial charge < -0.3 is 14.5 Å². The monoisotopic (exact) mass is 313 g/mol. The van der Waals surface area contributed by atoms with Crippen LogP contribution >= 0.6 is 0 Å². The number of carbonyl (C=O) groups is 1. The molecule has 0 radical (unpaired) electrons. The zero-order valence-electron chi connectivity index (χ0n) is 12.1. The topological polar surface area (TPSA) is 77.2 Å². The van der Waals surface area contributed by atoms with E-state index in [9.17, 15) is 9.18 Å². The summed E-state index contributed by atoms with van der Waals surface area (Å²) in [5.74, 6) is -0.666. The lowest BCUT2D eigenvalue weighted by Gasteiger charge is -2.07. The number of halogens is 1. The van der Waals surface area contributed by atoms with Crippen molar-refractivity contribution in [2.24, 2.45) is 0 Å². The third-order valence-electron chi connectivity index (χ3n) is 3.05. The highest BCUT2D eigenvalue weighted by molar-refractivity contribution is 6.01. The number of amides is 1. The molecule has 1 heterocycles. The Labute approximate surface area is 130 Å². The number of hydrogen-bond donors (Lipinski definition) is 1. The van der Waals surface area contributed by atoms with Gasteiger partial charge in [-0.25, -0.2) is 4.39 Å². The molecule has 2 aromatic carbocycles.